The summed E-state index contributed by atoms with van der Waals surface area (Å²) in [5.41, 5.74) is 7.67. The molecule has 0 unspecified atom stereocenters. The quantitative estimate of drug-likeness (QED) is 0.904. The zero-order chi connectivity index (χ0) is 15.4. The number of hydrogen-bond acceptors (Lipinski definition) is 3. The molecule has 1 aromatic heterocycles. The Labute approximate surface area is 127 Å². The van der Waals surface area contributed by atoms with Crippen molar-refractivity contribution in [2.24, 2.45) is 12.8 Å². The first kappa shape index (κ1) is 16.0. The number of aromatic nitrogens is 2. The van der Waals surface area contributed by atoms with Crippen LogP contribution in [0.25, 0.3) is 0 Å². The fourth-order valence-electron chi connectivity index (χ4n) is 3.15. The number of nitrogens with zero attached hydrogens (tertiary/aromatic N) is 3. The summed E-state index contributed by atoms with van der Waals surface area (Å²) < 4.78 is 1.72. The van der Waals surface area contributed by atoms with E-state index in [1.165, 1.54) is 0 Å². The van der Waals surface area contributed by atoms with Gasteiger partial charge in [0.05, 0.1) is 5.69 Å². The molecule has 1 aliphatic carbocycles. The molecule has 5 heteroatoms. The fourth-order valence-corrected chi connectivity index (χ4v) is 3.15. The highest BCUT2D eigenvalue weighted by molar-refractivity contribution is 5.93. The van der Waals surface area contributed by atoms with E-state index in [0.29, 0.717) is 17.8 Å². The van der Waals surface area contributed by atoms with Crippen molar-refractivity contribution in [1.29, 1.82) is 0 Å². The lowest BCUT2D eigenvalue weighted by Crippen LogP contribution is -2.45. The zero-order valence-corrected chi connectivity index (χ0v) is 13.5. The number of hydrogen-bond donors (Lipinski definition) is 1. The van der Waals surface area contributed by atoms with Gasteiger partial charge < -0.3 is 10.6 Å². The summed E-state index contributed by atoms with van der Waals surface area (Å²) in [6, 6.07) is 2.57. The summed E-state index contributed by atoms with van der Waals surface area (Å²) in [4.78, 5) is 14.9. The largest absolute Gasteiger partial charge is 0.334 e. The fraction of sp³-hybridized carbons (Fsp3) is 0.750. The topological polar surface area (TPSA) is 64.2 Å². The molecule has 21 heavy (non-hydrogen) atoms. The van der Waals surface area contributed by atoms with Crippen molar-refractivity contribution in [2.45, 2.75) is 64.5 Å². The number of nitrogens with two attached hydrogens (primary N) is 1. The second kappa shape index (κ2) is 7.07. The monoisotopic (exact) mass is 292 g/mol. The normalized spacial score (nSPS) is 22.3. The van der Waals surface area contributed by atoms with Crippen LogP contribution >= 0.6 is 0 Å². The molecule has 0 bridgehead atoms. The third-order valence-corrected chi connectivity index (χ3v) is 4.42. The zero-order valence-electron chi connectivity index (χ0n) is 13.5. The van der Waals surface area contributed by atoms with Gasteiger partial charge in [-0.05, 0) is 44.6 Å². The molecule has 2 N–H and O–H groups in total. The van der Waals surface area contributed by atoms with E-state index in [-0.39, 0.29) is 5.91 Å². The van der Waals surface area contributed by atoms with Crippen molar-refractivity contribution in [3.8, 4) is 0 Å². The Bertz CT molecular complexity index is 475. The van der Waals surface area contributed by atoms with E-state index in [1.807, 2.05) is 18.0 Å². The van der Waals surface area contributed by atoms with Crippen molar-refractivity contribution in [3.05, 3.63) is 17.5 Å². The van der Waals surface area contributed by atoms with Crippen molar-refractivity contribution < 1.29 is 4.79 Å². The molecular weight excluding hydrogens is 264 g/mol. The van der Waals surface area contributed by atoms with Crippen LogP contribution < -0.4 is 5.73 Å². The minimum atomic E-state index is 0.118. The smallest absolute Gasteiger partial charge is 0.272 e. The van der Waals surface area contributed by atoms with Crippen LogP contribution in [-0.2, 0) is 13.5 Å². The van der Waals surface area contributed by atoms with E-state index in [9.17, 15) is 4.79 Å². The molecule has 0 spiro atoms. The highest BCUT2D eigenvalue weighted by atomic mass is 16.2. The molecule has 5 nitrogen and oxygen atoms in total. The SMILES string of the molecule is CCCN(C(=O)c1cc(CC)nn1C)C1CCC(N)CC1. The predicted molar refractivity (Wildman–Crippen MR) is 84.1 cm³/mol. The Morgan fingerprint density at radius 3 is 2.57 bits per heavy atom. The molecule has 0 aliphatic heterocycles. The molecular formula is C16H28N4O. The highest BCUT2D eigenvalue weighted by Crippen LogP contribution is 2.24. The van der Waals surface area contributed by atoms with Crippen LogP contribution in [0.4, 0.5) is 0 Å². The Morgan fingerprint density at radius 2 is 2.05 bits per heavy atom. The second-order valence-corrected chi connectivity index (χ2v) is 6.07. The van der Waals surface area contributed by atoms with Gasteiger partial charge in [-0.3, -0.25) is 9.48 Å². The predicted octanol–water partition coefficient (Wildman–Crippen LogP) is 2.10. The van der Waals surface area contributed by atoms with Crippen LogP contribution in [0.2, 0.25) is 0 Å². The van der Waals surface area contributed by atoms with Crippen LogP contribution in [0.5, 0.6) is 0 Å². The summed E-state index contributed by atoms with van der Waals surface area (Å²) in [7, 11) is 1.85. The number of aryl methyl sites for hydroxylation is 2. The van der Waals surface area contributed by atoms with Gasteiger partial charge in [0.1, 0.15) is 5.69 Å². The molecule has 0 atom stereocenters. The van der Waals surface area contributed by atoms with Crippen LogP contribution in [0.1, 0.15) is 62.1 Å². The van der Waals surface area contributed by atoms with Gasteiger partial charge in [-0.15, -0.1) is 0 Å². The first-order valence-corrected chi connectivity index (χ1v) is 8.16. The molecule has 1 amide bonds. The third-order valence-electron chi connectivity index (χ3n) is 4.42. The number of carbonyl (C=O) groups excluding carboxylic acids is 1. The minimum Gasteiger partial charge on any atom is -0.334 e. The average Bonchev–Trinajstić information content (AvgIpc) is 2.86. The first-order chi connectivity index (χ1) is 10.1. The standard InChI is InChI=1S/C16H28N4O/c1-4-10-20(14-8-6-12(17)7-9-14)16(21)15-11-13(5-2)18-19(15)3/h11-12,14H,4-10,17H2,1-3H3. The molecule has 1 saturated carbocycles. The van der Waals surface area contributed by atoms with Gasteiger partial charge in [0.15, 0.2) is 0 Å². The van der Waals surface area contributed by atoms with Gasteiger partial charge in [-0.25, -0.2) is 0 Å². The van der Waals surface area contributed by atoms with Crippen molar-refractivity contribution >= 4 is 5.91 Å². The molecule has 1 aliphatic rings. The maximum Gasteiger partial charge on any atom is 0.272 e. The minimum absolute atomic E-state index is 0.118. The van der Waals surface area contributed by atoms with Gasteiger partial charge >= 0.3 is 0 Å². The number of amides is 1. The Kier molecular flexibility index (Phi) is 5.39. The summed E-state index contributed by atoms with van der Waals surface area (Å²) in [5.74, 6) is 0.118. The van der Waals surface area contributed by atoms with E-state index in [4.69, 9.17) is 5.73 Å². The Morgan fingerprint density at radius 1 is 1.38 bits per heavy atom. The molecule has 118 valence electrons. The Hall–Kier alpha value is -1.36. The highest BCUT2D eigenvalue weighted by Gasteiger charge is 2.29. The van der Waals surface area contributed by atoms with Crippen LogP contribution in [0, 0.1) is 0 Å². The van der Waals surface area contributed by atoms with E-state index in [1.54, 1.807) is 4.68 Å². The molecule has 0 radical (unpaired) electrons. The molecule has 1 heterocycles. The van der Waals surface area contributed by atoms with Gasteiger partial charge in [0.2, 0.25) is 0 Å². The lowest BCUT2D eigenvalue weighted by molar-refractivity contribution is 0.0615. The maximum atomic E-state index is 12.9. The van der Waals surface area contributed by atoms with E-state index < -0.39 is 0 Å². The van der Waals surface area contributed by atoms with Crippen LogP contribution in [0.15, 0.2) is 6.07 Å². The van der Waals surface area contributed by atoms with E-state index in [0.717, 1.165) is 50.8 Å². The van der Waals surface area contributed by atoms with Gasteiger partial charge in [-0.1, -0.05) is 13.8 Å². The summed E-state index contributed by atoms with van der Waals surface area (Å²) >= 11 is 0. The lowest BCUT2D eigenvalue weighted by Gasteiger charge is -2.36. The van der Waals surface area contributed by atoms with E-state index in [2.05, 4.69) is 18.9 Å². The van der Waals surface area contributed by atoms with Crippen molar-refractivity contribution in [1.82, 2.24) is 14.7 Å². The summed E-state index contributed by atoms with van der Waals surface area (Å²) in [5, 5.41) is 4.40. The third kappa shape index (κ3) is 3.64. The van der Waals surface area contributed by atoms with Gasteiger partial charge in [-0.2, -0.15) is 5.10 Å². The van der Waals surface area contributed by atoms with Crippen molar-refractivity contribution in [3.63, 3.8) is 0 Å². The number of rotatable bonds is 5. The number of carbonyl (C=O) groups is 1. The molecule has 2 rings (SSSR count). The van der Waals surface area contributed by atoms with E-state index >= 15 is 0 Å². The van der Waals surface area contributed by atoms with Crippen LogP contribution in [0.3, 0.4) is 0 Å². The second-order valence-electron chi connectivity index (χ2n) is 6.07. The van der Waals surface area contributed by atoms with Crippen LogP contribution in [-0.4, -0.2) is 39.2 Å². The average molecular weight is 292 g/mol. The lowest BCUT2D eigenvalue weighted by atomic mass is 9.90. The van der Waals surface area contributed by atoms with Crippen molar-refractivity contribution in [2.75, 3.05) is 6.54 Å². The maximum absolute atomic E-state index is 12.9. The summed E-state index contributed by atoms with van der Waals surface area (Å²) in [6.45, 7) is 4.99. The Balaban J connectivity index is 2.16. The molecule has 0 aromatic carbocycles. The molecule has 1 fully saturated rings. The molecule has 0 saturated heterocycles. The molecule has 1 aromatic rings. The summed E-state index contributed by atoms with van der Waals surface area (Å²) in [6.07, 6.45) is 5.91. The van der Waals surface area contributed by atoms with Gasteiger partial charge in [0, 0.05) is 25.7 Å². The van der Waals surface area contributed by atoms with Gasteiger partial charge in [0.25, 0.3) is 5.91 Å². The first-order valence-electron chi connectivity index (χ1n) is 8.16.